The maximum atomic E-state index is 13.9. The number of fused-ring (bicyclic) bond motifs is 1. The molecule has 0 amide bonds. The van der Waals surface area contributed by atoms with E-state index in [1.165, 1.54) is 6.07 Å². The Hall–Kier alpha value is -1.90. The average Bonchev–Trinajstić information content (AvgIpc) is 2.47. The molecule has 1 nitrogen and oxygen atoms in total. The lowest BCUT2D eigenvalue weighted by atomic mass is 9.96. The van der Waals surface area contributed by atoms with Crippen LogP contribution in [-0.4, -0.2) is 0 Å². The average molecular weight is 300 g/mol. The SMILES string of the molecule is CC(N)c1ccc(-c2ccc(F)c3ccccc23)cc1Cl. The van der Waals surface area contributed by atoms with Gasteiger partial charge in [0, 0.05) is 16.5 Å². The van der Waals surface area contributed by atoms with Crippen molar-refractivity contribution in [1.29, 1.82) is 0 Å². The number of rotatable bonds is 2. The van der Waals surface area contributed by atoms with Crippen LogP contribution in [0.4, 0.5) is 4.39 Å². The van der Waals surface area contributed by atoms with Gasteiger partial charge in [0.05, 0.1) is 0 Å². The summed E-state index contributed by atoms with van der Waals surface area (Å²) in [6.07, 6.45) is 0. The van der Waals surface area contributed by atoms with Crippen molar-refractivity contribution in [3.8, 4) is 11.1 Å². The van der Waals surface area contributed by atoms with Crippen molar-refractivity contribution in [3.63, 3.8) is 0 Å². The van der Waals surface area contributed by atoms with E-state index in [1.807, 2.05) is 43.3 Å². The minimum absolute atomic E-state index is 0.114. The first-order valence-electron chi connectivity index (χ1n) is 6.80. The van der Waals surface area contributed by atoms with Crippen LogP contribution in [0.3, 0.4) is 0 Å². The maximum Gasteiger partial charge on any atom is 0.131 e. The Morgan fingerprint density at radius 2 is 1.71 bits per heavy atom. The minimum atomic E-state index is -0.215. The van der Waals surface area contributed by atoms with Crippen molar-refractivity contribution in [2.45, 2.75) is 13.0 Å². The van der Waals surface area contributed by atoms with Crippen LogP contribution < -0.4 is 5.73 Å². The summed E-state index contributed by atoms with van der Waals surface area (Å²) in [7, 11) is 0. The van der Waals surface area contributed by atoms with Gasteiger partial charge in [-0.05, 0) is 41.1 Å². The van der Waals surface area contributed by atoms with Crippen LogP contribution in [0.5, 0.6) is 0 Å². The lowest BCUT2D eigenvalue weighted by molar-refractivity contribution is 0.640. The fourth-order valence-corrected chi connectivity index (χ4v) is 2.93. The Balaban J connectivity index is 2.22. The van der Waals surface area contributed by atoms with Crippen LogP contribution in [0, 0.1) is 5.82 Å². The first-order valence-corrected chi connectivity index (χ1v) is 7.18. The quantitative estimate of drug-likeness (QED) is 0.681. The summed E-state index contributed by atoms with van der Waals surface area (Å²) in [6.45, 7) is 1.90. The van der Waals surface area contributed by atoms with E-state index in [2.05, 4.69) is 0 Å². The van der Waals surface area contributed by atoms with Crippen LogP contribution in [-0.2, 0) is 0 Å². The number of hydrogen-bond donors (Lipinski definition) is 1. The Bertz CT molecular complexity index is 811. The molecule has 0 aliphatic heterocycles. The van der Waals surface area contributed by atoms with Crippen molar-refractivity contribution < 1.29 is 4.39 Å². The Kier molecular flexibility index (Phi) is 3.66. The molecule has 0 spiro atoms. The van der Waals surface area contributed by atoms with E-state index in [9.17, 15) is 4.39 Å². The normalized spacial score (nSPS) is 12.6. The van der Waals surface area contributed by atoms with E-state index in [-0.39, 0.29) is 11.9 Å². The molecule has 21 heavy (non-hydrogen) atoms. The van der Waals surface area contributed by atoms with Crippen molar-refractivity contribution in [2.75, 3.05) is 0 Å². The van der Waals surface area contributed by atoms with E-state index in [1.54, 1.807) is 12.1 Å². The van der Waals surface area contributed by atoms with Gasteiger partial charge in [-0.2, -0.15) is 0 Å². The van der Waals surface area contributed by atoms with Crippen LogP contribution in [0.2, 0.25) is 5.02 Å². The Morgan fingerprint density at radius 1 is 1.00 bits per heavy atom. The zero-order valence-corrected chi connectivity index (χ0v) is 12.4. The zero-order valence-electron chi connectivity index (χ0n) is 11.6. The standard InChI is InChI=1S/C18H15ClFN/c1-11(21)13-7-6-12(10-17(13)19)14-8-9-18(20)16-5-3-2-4-15(14)16/h2-11H,21H2,1H3. The van der Waals surface area contributed by atoms with Crippen molar-refractivity contribution in [2.24, 2.45) is 5.73 Å². The fourth-order valence-electron chi connectivity index (χ4n) is 2.58. The van der Waals surface area contributed by atoms with Crippen LogP contribution >= 0.6 is 11.6 Å². The molecule has 2 N–H and O–H groups in total. The van der Waals surface area contributed by atoms with Crippen molar-refractivity contribution >= 4 is 22.4 Å². The molecule has 0 saturated carbocycles. The molecule has 0 aliphatic carbocycles. The molecule has 0 saturated heterocycles. The van der Waals surface area contributed by atoms with E-state index in [0.29, 0.717) is 10.4 Å². The van der Waals surface area contributed by atoms with Gasteiger partial charge in [-0.1, -0.05) is 54.1 Å². The molecule has 3 heteroatoms. The molecule has 1 atom stereocenters. The smallest absolute Gasteiger partial charge is 0.131 e. The van der Waals surface area contributed by atoms with E-state index >= 15 is 0 Å². The number of nitrogens with two attached hydrogens (primary N) is 1. The molecule has 3 aromatic rings. The number of hydrogen-bond acceptors (Lipinski definition) is 1. The molecule has 0 bridgehead atoms. The van der Waals surface area contributed by atoms with Crippen molar-refractivity contribution in [1.82, 2.24) is 0 Å². The van der Waals surface area contributed by atoms with E-state index in [0.717, 1.165) is 22.1 Å². The summed E-state index contributed by atoms with van der Waals surface area (Å²) in [5, 5.41) is 2.13. The predicted molar refractivity (Wildman–Crippen MR) is 87.0 cm³/mol. The summed E-state index contributed by atoms with van der Waals surface area (Å²) >= 11 is 6.30. The second-order valence-electron chi connectivity index (χ2n) is 5.17. The third kappa shape index (κ3) is 2.53. The van der Waals surface area contributed by atoms with E-state index in [4.69, 9.17) is 17.3 Å². The van der Waals surface area contributed by atoms with Gasteiger partial charge < -0.3 is 5.73 Å². The summed E-state index contributed by atoms with van der Waals surface area (Å²) in [6, 6.07) is 16.4. The zero-order chi connectivity index (χ0) is 15.0. The topological polar surface area (TPSA) is 26.0 Å². The number of benzene rings is 3. The summed E-state index contributed by atoms with van der Waals surface area (Å²) in [4.78, 5) is 0. The lowest BCUT2D eigenvalue weighted by Gasteiger charge is -2.12. The first-order chi connectivity index (χ1) is 10.1. The number of halogens is 2. The maximum absolute atomic E-state index is 13.9. The molecular formula is C18H15ClFN. The molecule has 1 unspecified atom stereocenters. The van der Waals surface area contributed by atoms with E-state index < -0.39 is 0 Å². The molecule has 0 heterocycles. The molecule has 0 radical (unpaired) electrons. The Morgan fingerprint density at radius 3 is 2.38 bits per heavy atom. The van der Waals surface area contributed by atoms with Gasteiger partial charge in [0.1, 0.15) is 5.82 Å². The van der Waals surface area contributed by atoms with Crippen molar-refractivity contribution in [3.05, 3.63) is 71.0 Å². The molecule has 0 aromatic heterocycles. The predicted octanol–water partition coefficient (Wildman–Crippen LogP) is 5.32. The van der Waals surface area contributed by atoms with Gasteiger partial charge in [0.15, 0.2) is 0 Å². The second kappa shape index (κ2) is 5.47. The lowest BCUT2D eigenvalue weighted by Crippen LogP contribution is -2.05. The summed E-state index contributed by atoms with van der Waals surface area (Å²) < 4.78 is 13.9. The minimum Gasteiger partial charge on any atom is -0.324 e. The highest BCUT2D eigenvalue weighted by molar-refractivity contribution is 6.31. The van der Waals surface area contributed by atoms with Gasteiger partial charge in [0.2, 0.25) is 0 Å². The molecule has 106 valence electrons. The largest absolute Gasteiger partial charge is 0.324 e. The highest BCUT2D eigenvalue weighted by Crippen LogP contribution is 2.33. The monoisotopic (exact) mass is 299 g/mol. The van der Waals surface area contributed by atoms with Gasteiger partial charge in [0.25, 0.3) is 0 Å². The second-order valence-corrected chi connectivity index (χ2v) is 5.57. The van der Waals surface area contributed by atoms with Crippen LogP contribution in [0.1, 0.15) is 18.5 Å². The molecule has 0 aliphatic rings. The fraction of sp³-hybridized carbons (Fsp3) is 0.111. The van der Waals surface area contributed by atoms with Gasteiger partial charge in [-0.15, -0.1) is 0 Å². The summed E-state index contributed by atoms with van der Waals surface area (Å²) in [5.74, 6) is -0.215. The third-order valence-corrected chi connectivity index (χ3v) is 4.00. The van der Waals surface area contributed by atoms with Gasteiger partial charge in [-0.3, -0.25) is 0 Å². The molecule has 3 rings (SSSR count). The third-order valence-electron chi connectivity index (χ3n) is 3.67. The van der Waals surface area contributed by atoms with Gasteiger partial charge >= 0.3 is 0 Å². The highest BCUT2D eigenvalue weighted by Gasteiger charge is 2.10. The summed E-state index contributed by atoms with van der Waals surface area (Å²) in [5.41, 5.74) is 8.71. The van der Waals surface area contributed by atoms with Crippen LogP contribution in [0.25, 0.3) is 21.9 Å². The van der Waals surface area contributed by atoms with Gasteiger partial charge in [-0.25, -0.2) is 4.39 Å². The van der Waals surface area contributed by atoms with Crippen LogP contribution in [0.15, 0.2) is 54.6 Å². The molecule has 0 fully saturated rings. The highest BCUT2D eigenvalue weighted by atomic mass is 35.5. The molecule has 3 aromatic carbocycles. The first kappa shape index (κ1) is 14.1. The molecular weight excluding hydrogens is 285 g/mol. The Labute approximate surface area is 128 Å².